The first kappa shape index (κ1) is 20.0. The molecule has 0 unspecified atom stereocenters. The summed E-state index contributed by atoms with van der Waals surface area (Å²) >= 11 is 12.0. The highest BCUT2D eigenvalue weighted by atomic mass is 35.5. The maximum absolute atomic E-state index is 13.9. The number of hydrogen-bond donors (Lipinski definition) is 2. The number of benzene rings is 2. The molecule has 0 spiro atoms. The van der Waals surface area contributed by atoms with Crippen LogP contribution in [0.2, 0.25) is 10.0 Å². The lowest BCUT2D eigenvalue weighted by atomic mass is 10.2. The van der Waals surface area contributed by atoms with E-state index in [4.69, 9.17) is 23.2 Å². The molecule has 1 heterocycles. The monoisotopic (exact) mass is 425 g/mol. The van der Waals surface area contributed by atoms with Gasteiger partial charge >= 0.3 is 0 Å². The first-order valence-corrected chi connectivity index (χ1v) is 8.94. The Kier molecular flexibility index (Phi) is 6.11. The van der Waals surface area contributed by atoms with Gasteiger partial charge in [0, 0.05) is 41.2 Å². The second-order valence-electron chi connectivity index (χ2n) is 5.80. The van der Waals surface area contributed by atoms with Crippen molar-refractivity contribution in [1.82, 2.24) is 14.8 Å². The number of rotatable bonds is 6. The van der Waals surface area contributed by atoms with Crippen LogP contribution in [0.15, 0.2) is 36.4 Å². The third kappa shape index (κ3) is 4.40. The van der Waals surface area contributed by atoms with Crippen molar-refractivity contribution in [2.75, 3.05) is 10.6 Å². The minimum absolute atomic E-state index is 0.00391. The summed E-state index contributed by atoms with van der Waals surface area (Å²) in [6.07, 6.45) is 0. The molecule has 6 nitrogen and oxygen atoms in total. The fourth-order valence-electron chi connectivity index (χ4n) is 2.46. The zero-order valence-electron chi connectivity index (χ0n) is 14.6. The molecule has 0 radical (unpaired) electrons. The summed E-state index contributed by atoms with van der Waals surface area (Å²) in [7, 11) is 0. The number of hydrogen-bond acceptors (Lipinski definition) is 5. The summed E-state index contributed by atoms with van der Waals surface area (Å²) in [4.78, 5) is 16.0. The van der Waals surface area contributed by atoms with Crippen LogP contribution in [0.3, 0.4) is 0 Å². The first-order valence-electron chi connectivity index (χ1n) is 8.18. The molecule has 0 fully saturated rings. The molecule has 0 aliphatic carbocycles. The van der Waals surface area contributed by atoms with E-state index in [0.717, 1.165) is 4.68 Å². The Morgan fingerprint density at radius 2 is 1.54 bits per heavy atom. The smallest absolute Gasteiger partial charge is 0.247 e. The fraction of sp³-hybridized carbons (Fsp3) is 0.167. The summed E-state index contributed by atoms with van der Waals surface area (Å²) in [6, 6.07) is 8.69. The zero-order valence-corrected chi connectivity index (χ0v) is 16.2. The van der Waals surface area contributed by atoms with Crippen LogP contribution in [0.4, 0.5) is 20.7 Å². The van der Waals surface area contributed by atoms with Gasteiger partial charge in [0.05, 0.1) is 0 Å². The van der Waals surface area contributed by atoms with Crippen LogP contribution >= 0.6 is 23.2 Å². The molecular weight excluding hydrogens is 411 g/mol. The van der Waals surface area contributed by atoms with Crippen molar-refractivity contribution in [3.8, 4) is 0 Å². The lowest BCUT2D eigenvalue weighted by Crippen LogP contribution is -2.14. The maximum atomic E-state index is 13.9. The molecule has 28 heavy (non-hydrogen) atoms. The third-order valence-electron chi connectivity index (χ3n) is 3.88. The van der Waals surface area contributed by atoms with Crippen molar-refractivity contribution in [3.05, 3.63) is 69.2 Å². The maximum Gasteiger partial charge on any atom is 0.247 e. The molecule has 0 atom stereocenters. The molecule has 3 aromatic rings. The van der Waals surface area contributed by atoms with Crippen LogP contribution in [0.25, 0.3) is 0 Å². The van der Waals surface area contributed by atoms with Gasteiger partial charge in [-0.05, 0) is 24.3 Å². The number of aromatic nitrogens is 3. The van der Waals surface area contributed by atoms with Gasteiger partial charge in [0.15, 0.2) is 0 Å². The SMILES string of the molecule is CC(=O)n1nc(NCc2c(F)cccc2Cl)nc1NCc1c(F)cccc1Cl. The number of carbonyl (C=O) groups excluding carboxylic acids is 1. The average Bonchev–Trinajstić information content (AvgIpc) is 3.04. The van der Waals surface area contributed by atoms with Crippen LogP contribution in [0, 0.1) is 11.6 Å². The lowest BCUT2D eigenvalue weighted by Gasteiger charge is -2.08. The molecule has 0 saturated heterocycles. The molecule has 0 aliphatic rings. The summed E-state index contributed by atoms with van der Waals surface area (Å²) in [5, 5.41) is 10.2. The fourth-order valence-corrected chi connectivity index (χ4v) is 2.92. The van der Waals surface area contributed by atoms with E-state index >= 15 is 0 Å². The van der Waals surface area contributed by atoms with E-state index in [9.17, 15) is 13.6 Å². The van der Waals surface area contributed by atoms with E-state index in [-0.39, 0.29) is 46.2 Å². The van der Waals surface area contributed by atoms with Crippen LogP contribution in [-0.2, 0) is 13.1 Å². The second-order valence-corrected chi connectivity index (χ2v) is 6.61. The predicted octanol–water partition coefficient (Wildman–Crippen LogP) is 4.75. The topological polar surface area (TPSA) is 71.8 Å². The minimum Gasteiger partial charge on any atom is -0.350 e. The predicted molar refractivity (Wildman–Crippen MR) is 104 cm³/mol. The van der Waals surface area contributed by atoms with Crippen LogP contribution < -0.4 is 10.6 Å². The van der Waals surface area contributed by atoms with Gasteiger partial charge in [-0.3, -0.25) is 4.79 Å². The van der Waals surface area contributed by atoms with E-state index in [1.807, 2.05) is 0 Å². The molecule has 0 bridgehead atoms. The highest BCUT2D eigenvalue weighted by molar-refractivity contribution is 6.31. The van der Waals surface area contributed by atoms with Gasteiger partial charge in [0.2, 0.25) is 17.8 Å². The van der Waals surface area contributed by atoms with Crippen molar-refractivity contribution in [2.24, 2.45) is 0 Å². The van der Waals surface area contributed by atoms with Crippen molar-refractivity contribution in [3.63, 3.8) is 0 Å². The molecule has 0 aliphatic heterocycles. The number of nitrogens with one attached hydrogen (secondary N) is 2. The van der Waals surface area contributed by atoms with E-state index in [0.29, 0.717) is 0 Å². The molecule has 1 aromatic heterocycles. The Morgan fingerprint density at radius 1 is 1.00 bits per heavy atom. The van der Waals surface area contributed by atoms with Gasteiger partial charge in [-0.2, -0.15) is 9.67 Å². The molecule has 0 amide bonds. The van der Waals surface area contributed by atoms with E-state index < -0.39 is 17.5 Å². The summed E-state index contributed by atoms with van der Waals surface area (Å²) in [6.45, 7) is 1.31. The Hall–Kier alpha value is -2.71. The van der Waals surface area contributed by atoms with E-state index in [1.165, 1.54) is 31.2 Å². The normalized spacial score (nSPS) is 10.8. The summed E-state index contributed by atoms with van der Waals surface area (Å²) in [5.74, 6) is -1.20. The van der Waals surface area contributed by atoms with Gasteiger partial charge in [-0.25, -0.2) is 8.78 Å². The largest absolute Gasteiger partial charge is 0.350 e. The Morgan fingerprint density at radius 3 is 2.04 bits per heavy atom. The third-order valence-corrected chi connectivity index (χ3v) is 4.58. The van der Waals surface area contributed by atoms with Crippen LogP contribution in [0.1, 0.15) is 22.8 Å². The number of halogens is 4. The quantitative estimate of drug-likeness (QED) is 0.596. The van der Waals surface area contributed by atoms with Gasteiger partial charge in [-0.1, -0.05) is 35.3 Å². The molecular formula is C18H15Cl2F2N5O. The molecule has 3 rings (SSSR count). The number of nitrogens with zero attached hydrogens (tertiary/aromatic N) is 3. The standard InChI is InChI=1S/C18H15Cl2F2N5O/c1-10(28)27-18(24-9-12-14(20)5-3-7-16(12)22)25-17(26-27)23-8-11-13(19)4-2-6-15(11)21/h2-7H,8-9H2,1H3,(H2,23,24,25,26). The highest BCUT2D eigenvalue weighted by Crippen LogP contribution is 2.22. The minimum atomic E-state index is -0.485. The number of carbonyl (C=O) groups is 1. The lowest BCUT2D eigenvalue weighted by molar-refractivity contribution is 0.0924. The van der Waals surface area contributed by atoms with Gasteiger partial charge in [0.25, 0.3) is 0 Å². The van der Waals surface area contributed by atoms with Gasteiger partial charge < -0.3 is 10.6 Å². The number of anilines is 2. The molecule has 0 saturated carbocycles. The molecule has 146 valence electrons. The van der Waals surface area contributed by atoms with Crippen LogP contribution in [-0.4, -0.2) is 20.7 Å². The Labute approximate surface area is 169 Å². The molecule has 10 heteroatoms. The van der Waals surface area contributed by atoms with Crippen molar-refractivity contribution in [1.29, 1.82) is 0 Å². The summed E-state index contributed by atoms with van der Waals surface area (Å²) < 4.78 is 28.8. The molecule has 2 aromatic carbocycles. The first-order chi connectivity index (χ1) is 13.4. The van der Waals surface area contributed by atoms with Gasteiger partial charge in [-0.15, -0.1) is 5.10 Å². The Bertz CT molecular complexity index is 985. The second kappa shape index (κ2) is 8.53. The zero-order chi connectivity index (χ0) is 20.3. The highest BCUT2D eigenvalue weighted by Gasteiger charge is 2.15. The van der Waals surface area contributed by atoms with Gasteiger partial charge in [0.1, 0.15) is 11.6 Å². The van der Waals surface area contributed by atoms with Crippen molar-refractivity contribution >= 4 is 41.0 Å². The Balaban J connectivity index is 1.77. The molecule has 2 N–H and O–H groups in total. The average molecular weight is 426 g/mol. The van der Waals surface area contributed by atoms with E-state index in [1.54, 1.807) is 12.1 Å². The summed E-state index contributed by atoms with van der Waals surface area (Å²) in [5.41, 5.74) is 0.478. The van der Waals surface area contributed by atoms with Crippen molar-refractivity contribution in [2.45, 2.75) is 20.0 Å². The van der Waals surface area contributed by atoms with Crippen LogP contribution in [0.5, 0.6) is 0 Å². The van der Waals surface area contributed by atoms with Crippen molar-refractivity contribution < 1.29 is 13.6 Å². The van der Waals surface area contributed by atoms with E-state index in [2.05, 4.69) is 20.7 Å².